The molecule has 0 bridgehead atoms. The SMILES string of the molecule is CCCN(SC1COc2cccc(-c3ccco3)c2C1)C(C)C.Cl. The first kappa shape index (κ1) is 19.2. The lowest BCUT2D eigenvalue weighted by Gasteiger charge is -2.32. The summed E-state index contributed by atoms with van der Waals surface area (Å²) in [5.74, 6) is 1.92. The normalized spacial score (nSPS) is 16.6. The van der Waals surface area contributed by atoms with Gasteiger partial charge in [-0.25, -0.2) is 4.31 Å². The minimum atomic E-state index is 0. The van der Waals surface area contributed by atoms with E-state index in [4.69, 9.17) is 9.15 Å². The van der Waals surface area contributed by atoms with Crippen molar-refractivity contribution in [2.75, 3.05) is 13.2 Å². The van der Waals surface area contributed by atoms with Gasteiger partial charge in [0, 0.05) is 23.7 Å². The largest absolute Gasteiger partial charge is 0.492 e. The van der Waals surface area contributed by atoms with Crippen LogP contribution < -0.4 is 4.74 Å². The van der Waals surface area contributed by atoms with Crippen LogP contribution in [0.5, 0.6) is 5.75 Å². The molecule has 5 heteroatoms. The fourth-order valence-corrected chi connectivity index (χ4v) is 4.24. The van der Waals surface area contributed by atoms with Crippen molar-refractivity contribution in [3.05, 3.63) is 42.2 Å². The third kappa shape index (κ3) is 4.29. The molecule has 1 aromatic carbocycles. The van der Waals surface area contributed by atoms with Gasteiger partial charge in [-0.05, 0) is 44.9 Å². The van der Waals surface area contributed by atoms with E-state index >= 15 is 0 Å². The maximum atomic E-state index is 6.04. The van der Waals surface area contributed by atoms with E-state index in [0.29, 0.717) is 11.3 Å². The molecule has 3 rings (SSSR count). The molecule has 0 N–H and O–H groups in total. The Bertz CT molecular complexity index is 630. The van der Waals surface area contributed by atoms with Gasteiger partial charge in [0.2, 0.25) is 0 Å². The fourth-order valence-electron chi connectivity index (χ4n) is 2.96. The van der Waals surface area contributed by atoms with E-state index in [2.05, 4.69) is 37.2 Å². The lowest BCUT2D eigenvalue weighted by Crippen LogP contribution is -2.32. The van der Waals surface area contributed by atoms with Crippen LogP contribution in [0, 0.1) is 0 Å². The number of furan rings is 1. The predicted octanol–water partition coefficient (Wildman–Crippen LogP) is 5.44. The summed E-state index contributed by atoms with van der Waals surface area (Å²) in [5, 5.41) is 0.451. The molecule has 0 saturated carbocycles. The van der Waals surface area contributed by atoms with E-state index in [1.165, 1.54) is 12.0 Å². The smallest absolute Gasteiger partial charge is 0.134 e. The van der Waals surface area contributed by atoms with Gasteiger partial charge in [-0.15, -0.1) is 12.4 Å². The summed E-state index contributed by atoms with van der Waals surface area (Å²) in [5.41, 5.74) is 2.43. The topological polar surface area (TPSA) is 25.6 Å². The van der Waals surface area contributed by atoms with Gasteiger partial charge in [0.05, 0.1) is 11.5 Å². The molecule has 24 heavy (non-hydrogen) atoms. The van der Waals surface area contributed by atoms with E-state index in [0.717, 1.165) is 36.6 Å². The van der Waals surface area contributed by atoms with Crippen molar-refractivity contribution in [1.82, 2.24) is 4.31 Å². The van der Waals surface area contributed by atoms with Gasteiger partial charge in [0.1, 0.15) is 18.1 Å². The predicted molar refractivity (Wildman–Crippen MR) is 104 cm³/mol. The maximum Gasteiger partial charge on any atom is 0.134 e. The summed E-state index contributed by atoms with van der Waals surface area (Å²) >= 11 is 1.95. The fraction of sp³-hybridized carbons (Fsp3) is 0.474. The van der Waals surface area contributed by atoms with E-state index in [9.17, 15) is 0 Å². The molecule has 0 saturated heterocycles. The van der Waals surface area contributed by atoms with Crippen molar-refractivity contribution in [1.29, 1.82) is 0 Å². The Morgan fingerprint density at radius 3 is 2.75 bits per heavy atom. The van der Waals surface area contributed by atoms with Gasteiger partial charge in [0.25, 0.3) is 0 Å². The molecule has 2 heterocycles. The molecular weight excluding hydrogens is 342 g/mol. The highest BCUT2D eigenvalue weighted by molar-refractivity contribution is 7.97. The third-order valence-corrected chi connectivity index (χ3v) is 5.56. The van der Waals surface area contributed by atoms with E-state index < -0.39 is 0 Å². The molecule has 3 nitrogen and oxygen atoms in total. The summed E-state index contributed by atoms with van der Waals surface area (Å²) in [6, 6.07) is 10.7. The number of benzene rings is 1. The molecule has 1 aromatic heterocycles. The highest BCUT2D eigenvalue weighted by Gasteiger charge is 2.26. The first-order chi connectivity index (χ1) is 11.2. The van der Waals surface area contributed by atoms with Gasteiger partial charge in [-0.2, -0.15) is 0 Å². The molecule has 132 valence electrons. The molecule has 2 aromatic rings. The van der Waals surface area contributed by atoms with Crippen LogP contribution in [0.1, 0.15) is 32.8 Å². The number of rotatable bonds is 6. The molecule has 0 spiro atoms. The van der Waals surface area contributed by atoms with Crippen LogP contribution in [-0.2, 0) is 6.42 Å². The zero-order chi connectivity index (χ0) is 16.2. The molecule has 1 atom stereocenters. The van der Waals surface area contributed by atoms with Crippen LogP contribution in [0.2, 0.25) is 0 Å². The monoisotopic (exact) mass is 367 g/mol. The number of nitrogens with zero attached hydrogens (tertiary/aromatic N) is 1. The molecule has 1 unspecified atom stereocenters. The summed E-state index contributed by atoms with van der Waals surface area (Å²) in [7, 11) is 0. The third-order valence-electron chi connectivity index (χ3n) is 4.08. The lowest BCUT2D eigenvalue weighted by molar-refractivity contribution is 0.289. The number of ether oxygens (including phenoxy) is 1. The van der Waals surface area contributed by atoms with E-state index in [-0.39, 0.29) is 12.4 Å². The lowest BCUT2D eigenvalue weighted by atomic mass is 9.98. The van der Waals surface area contributed by atoms with Crippen molar-refractivity contribution >= 4 is 24.4 Å². The molecule has 0 amide bonds. The van der Waals surface area contributed by atoms with Gasteiger partial charge in [-0.1, -0.05) is 31.0 Å². The zero-order valence-electron chi connectivity index (χ0n) is 14.5. The molecule has 1 aliphatic rings. The van der Waals surface area contributed by atoms with Crippen LogP contribution in [0.15, 0.2) is 41.0 Å². The number of halogens is 1. The van der Waals surface area contributed by atoms with Gasteiger partial charge in [-0.3, -0.25) is 0 Å². The molecule has 1 aliphatic heterocycles. The van der Waals surface area contributed by atoms with Gasteiger partial charge < -0.3 is 9.15 Å². The first-order valence-electron chi connectivity index (χ1n) is 8.41. The Hall–Kier alpha value is -1.10. The number of fused-ring (bicyclic) bond motifs is 1. The molecule has 0 aliphatic carbocycles. The second-order valence-corrected chi connectivity index (χ2v) is 7.58. The zero-order valence-corrected chi connectivity index (χ0v) is 16.2. The van der Waals surface area contributed by atoms with Gasteiger partial charge in [0.15, 0.2) is 0 Å². The highest BCUT2D eigenvalue weighted by Crippen LogP contribution is 2.38. The summed E-state index contributed by atoms with van der Waals surface area (Å²) in [6.07, 6.45) is 3.92. The van der Waals surface area contributed by atoms with Crippen molar-refractivity contribution in [2.24, 2.45) is 0 Å². The minimum Gasteiger partial charge on any atom is -0.492 e. The van der Waals surface area contributed by atoms with Crippen molar-refractivity contribution in [3.8, 4) is 17.1 Å². The average Bonchev–Trinajstić information content (AvgIpc) is 3.08. The Kier molecular flexibility index (Phi) is 7.08. The highest BCUT2D eigenvalue weighted by atomic mass is 35.5. The minimum absolute atomic E-state index is 0. The Morgan fingerprint density at radius 1 is 1.25 bits per heavy atom. The summed E-state index contributed by atoms with van der Waals surface area (Å²) in [4.78, 5) is 0. The Morgan fingerprint density at radius 2 is 2.08 bits per heavy atom. The second kappa shape index (κ2) is 8.84. The average molecular weight is 368 g/mol. The summed E-state index contributed by atoms with van der Waals surface area (Å²) < 4.78 is 14.1. The van der Waals surface area contributed by atoms with Crippen LogP contribution in [0.3, 0.4) is 0 Å². The molecular formula is C19H26ClNO2S. The van der Waals surface area contributed by atoms with Crippen LogP contribution in [0.4, 0.5) is 0 Å². The Balaban J connectivity index is 0.00000208. The number of hydrogen-bond donors (Lipinski definition) is 0. The van der Waals surface area contributed by atoms with Crippen molar-refractivity contribution < 1.29 is 9.15 Å². The summed E-state index contributed by atoms with van der Waals surface area (Å²) in [6.45, 7) is 8.64. The van der Waals surface area contributed by atoms with E-state index in [1.54, 1.807) is 6.26 Å². The van der Waals surface area contributed by atoms with E-state index in [1.807, 2.05) is 30.1 Å². The standard InChI is InChI=1S/C19H25NO2S.ClH/c1-4-10-20(14(2)3)23-15-12-17-16(18-9-6-11-21-18)7-5-8-19(17)22-13-15;/h5-9,11,14-15H,4,10,12-13H2,1-3H3;1H. The van der Waals surface area contributed by atoms with Gasteiger partial charge >= 0.3 is 0 Å². The number of hydrogen-bond acceptors (Lipinski definition) is 4. The maximum absolute atomic E-state index is 6.04. The van der Waals surface area contributed by atoms with Crippen LogP contribution in [-0.4, -0.2) is 28.7 Å². The quantitative estimate of drug-likeness (QED) is 0.635. The second-order valence-electron chi connectivity index (χ2n) is 6.24. The molecule has 0 radical (unpaired) electrons. The first-order valence-corrected chi connectivity index (χ1v) is 9.24. The Labute approximate surface area is 155 Å². The molecule has 0 fully saturated rings. The van der Waals surface area contributed by atoms with Crippen molar-refractivity contribution in [3.63, 3.8) is 0 Å². The van der Waals surface area contributed by atoms with Crippen molar-refractivity contribution in [2.45, 2.75) is 44.9 Å². The van der Waals surface area contributed by atoms with Crippen LogP contribution in [0.25, 0.3) is 11.3 Å². The van der Waals surface area contributed by atoms with Crippen LogP contribution >= 0.6 is 24.4 Å².